The summed E-state index contributed by atoms with van der Waals surface area (Å²) in [6.07, 6.45) is -0.397. The summed E-state index contributed by atoms with van der Waals surface area (Å²) in [5, 5.41) is 0.645. The van der Waals surface area contributed by atoms with E-state index in [9.17, 15) is 19.2 Å². The molecule has 2 aliphatic rings. The Morgan fingerprint density at radius 2 is 1.74 bits per heavy atom. The van der Waals surface area contributed by atoms with Crippen LogP contribution in [0.4, 0.5) is 0 Å². The zero-order valence-corrected chi connectivity index (χ0v) is 10.3. The molecule has 2 atom stereocenters. The number of imide groups is 1. The number of hydrogen-bond donors (Lipinski definition) is 1. The first kappa shape index (κ1) is 13.8. The second kappa shape index (κ2) is 5.58. The fourth-order valence-electron chi connectivity index (χ4n) is 2.19. The first-order chi connectivity index (χ1) is 9.02. The topological polar surface area (TPSA) is 107 Å². The van der Waals surface area contributed by atoms with E-state index in [1.54, 1.807) is 0 Å². The summed E-state index contributed by atoms with van der Waals surface area (Å²) in [7, 11) is 0. The fourth-order valence-corrected chi connectivity index (χ4v) is 2.19. The molecule has 1 saturated heterocycles. The Morgan fingerprint density at radius 1 is 1.11 bits per heavy atom. The van der Waals surface area contributed by atoms with E-state index in [0.29, 0.717) is 5.06 Å². The average Bonchev–Trinajstić information content (AvgIpc) is 2.62. The summed E-state index contributed by atoms with van der Waals surface area (Å²) >= 11 is 0. The van der Waals surface area contributed by atoms with Gasteiger partial charge < -0.3 is 5.73 Å². The molecule has 1 aliphatic carbocycles. The van der Waals surface area contributed by atoms with E-state index in [-0.39, 0.29) is 43.7 Å². The maximum Gasteiger partial charge on any atom is 0.254 e. The van der Waals surface area contributed by atoms with Gasteiger partial charge in [-0.3, -0.25) is 24.0 Å². The normalized spacial score (nSPS) is 29.0. The standard InChI is InChI=1S/C12H15N2O5/c13-6-7-5-8(15)1-2-9(12(7)18)19-14-10(16)3-4-11(14)17/h6-7,9H,1-5,13H2. The van der Waals surface area contributed by atoms with Crippen LogP contribution in [0.2, 0.25) is 0 Å². The molecule has 1 radical (unpaired) electrons. The summed E-state index contributed by atoms with van der Waals surface area (Å²) < 4.78 is 0. The number of rotatable bonds is 3. The molecule has 1 heterocycles. The van der Waals surface area contributed by atoms with Gasteiger partial charge in [-0.25, -0.2) is 0 Å². The van der Waals surface area contributed by atoms with Crippen LogP contribution in [0.3, 0.4) is 0 Å². The molecule has 0 aromatic carbocycles. The van der Waals surface area contributed by atoms with E-state index in [4.69, 9.17) is 10.6 Å². The second-order valence-electron chi connectivity index (χ2n) is 4.66. The van der Waals surface area contributed by atoms with Crippen LogP contribution in [-0.2, 0) is 24.0 Å². The molecule has 2 rings (SSSR count). The van der Waals surface area contributed by atoms with Crippen LogP contribution in [0.5, 0.6) is 0 Å². The summed E-state index contributed by atoms with van der Waals surface area (Å²) in [5.74, 6) is -2.07. The van der Waals surface area contributed by atoms with E-state index in [1.807, 2.05) is 0 Å². The Kier molecular flexibility index (Phi) is 4.06. The molecule has 1 saturated carbocycles. The number of nitrogens with zero attached hydrogens (tertiary/aromatic N) is 1. The third kappa shape index (κ3) is 2.87. The zero-order chi connectivity index (χ0) is 14.0. The van der Waals surface area contributed by atoms with Gasteiger partial charge in [0.25, 0.3) is 11.8 Å². The van der Waals surface area contributed by atoms with Gasteiger partial charge in [0, 0.05) is 38.1 Å². The molecule has 0 aromatic heterocycles. The van der Waals surface area contributed by atoms with Crippen LogP contribution >= 0.6 is 0 Å². The lowest BCUT2D eigenvalue weighted by molar-refractivity contribution is -0.203. The second-order valence-corrected chi connectivity index (χ2v) is 4.66. The molecule has 0 bridgehead atoms. The number of ketones is 2. The highest BCUT2D eigenvalue weighted by atomic mass is 16.7. The van der Waals surface area contributed by atoms with Crippen molar-refractivity contribution in [1.29, 1.82) is 0 Å². The van der Waals surface area contributed by atoms with Crippen LogP contribution in [0, 0.1) is 12.5 Å². The zero-order valence-electron chi connectivity index (χ0n) is 10.3. The van der Waals surface area contributed by atoms with Gasteiger partial charge in [0.05, 0.1) is 0 Å². The van der Waals surface area contributed by atoms with Crippen molar-refractivity contribution in [2.45, 2.75) is 38.2 Å². The Balaban J connectivity index is 2.09. The molecule has 7 nitrogen and oxygen atoms in total. The summed E-state index contributed by atoms with van der Waals surface area (Å²) in [4.78, 5) is 51.6. The van der Waals surface area contributed by atoms with Crippen LogP contribution < -0.4 is 5.73 Å². The monoisotopic (exact) mass is 267 g/mol. The highest BCUT2D eigenvalue weighted by molar-refractivity contribution is 6.01. The summed E-state index contributed by atoms with van der Waals surface area (Å²) in [6, 6.07) is 0. The summed E-state index contributed by atoms with van der Waals surface area (Å²) in [6.45, 7) is 1.16. The molecule has 19 heavy (non-hydrogen) atoms. The lowest BCUT2D eigenvalue weighted by atomic mass is 9.98. The van der Waals surface area contributed by atoms with Crippen molar-refractivity contribution in [2.75, 3.05) is 0 Å². The van der Waals surface area contributed by atoms with Gasteiger partial charge in [-0.15, -0.1) is 0 Å². The molecular formula is C12H15N2O5. The van der Waals surface area contributed by atoms with Crippen LogP contribution in [-0.4, -0.2) is 34.5 Å². The van der Waals surface area contributed by atoms with E-state index in [1.165, 1.54) is 0 Å². The number of hydroxylamine groups is 2. The fraction of sp³-hybridized carbons (Fsp3) is 0.583. The third-order valence-electron chi connectivity index (χ3n) is 3.29. The lowest BCUT2D eigenvalue weighted by Crippen LogP contribution is -2.39. The predicted molar refractivity (Wildman–Crippen MR) is 61.8 cm³/mol. The number of nitrogens with two attached hydrogens (primary N) is 1. The predicted octanol–water partition coefficient (Wildman–Crippen LogP) is -0.506. The van der Waals surface area contributed by atoms with Crippen LogP contribution in [0.1, 0.15) is 32.1 Å². The highest BCUT2D eigenvalue weighted by Crippen LogP contribution is 2.23. The van der Waals surface area contributed by atoms with Gasteiger partial charge in [-0.1, -0.05) is 0 Å². The van der Waals surface area contributed by atoms with E-state index < -0.39 is 23.8 Å². The minimum Gasteiger partial charge on any atom is -0.326 e. The lowest BCUT2D eigenvalue weighted by Gasteiger charge is -2.21. The minimum atomic E-state index is -0.970. The van der Waals surface area contributed by atoms with Crippen molar-refractivity contribution >= 4 is 23.4 Å². The SMILES string of the molecule is N[CH]C1CC(=O)CCC(ON2C(=O)CCC2=O)C1=O. The highest BCUT2D eigenvalue weighted by Gasteiger charge is 2.38. The van der Waals surface area contributed by atoms with Crippen molar-refractivity contribution < 1.29 is 24.0 Å². The van der Waals surface area contributed by atoms with Crippen LogP contribution in [0.15, 0.2) is 0 Å². The van der Waals surface area contributed by atoms with Gasteiger partial charge in [-0.2, -0.15) is 5.06 Å². The van der Waals surface area contributed by atoms with Gasteiger partial charge in [-0.05, 0) is 6.42 Å². The maximum absolute atomic E-state index is 12.1. The van der Waals surface area contributed by atoms with Crippen LogP contribution in [0.25, 0.3) is 0 Å². The molecule has 2 N–H and O–H groups in total. The van der Waals surface area contributed by atoms with Gasteiger partial charge in [0.2, 0.25) is 0 Å². The maximum atomic E-state index is 12.1. The molecule has 103 valence electrons. The molecule has 0 aromatic rings. The molecule has 7 heteroatoms. The molecule has 0 spiro atoms. The van der Waals surface area contributed by atoms with Crippen molar-refractivity contribution in [2.24, 2.45) is 11.7 Å². The number of carbonyl (C=O) groups is 4. The van der Waals surface area contributed by atoms with Gasteiger partial charge in [0.1, 0.15) is 11.9 Å². The molecule has 1 aliphatic heterocycles. The van der Waals surface area contributed by atoms with Crippen molar-refractivity contribution in [3.63, 3.8) is 0 Å². The Morgan fingerprint density at radius 3 is 2.32 bits per heavy atom. The number of Topliss-reactive ketones (excluding diaryl/α,β-unsaturated/α-hetero) is 2. The first-order valence-electron chi connectivity index (χ1n) is 6.16. The third-order valence-corrected chi connectivity index (χ3v) is 3.29. The van der Waals surface area contributed by atoms with E-state index in [0.717, 1.165) is 6.54 Å². The molecule has 2 fully saturated rings. The quantitative estimate of drug-likeness (QED) is 0.545. The molecular weight excluding hydrogens is 252 g/mol. The minimum absolute atomic E-state index is 0.0527. The summed E-state index contributed by atoms with van der Waals surface area (Å²) in [5.41, 5.74) is 5.35. The number of carbonyl (C=O) groups excluding carboxylic acids is 4. The van der Waals surface area contributed by atoms with Crippen molar-refractivity contribution in [1.82, 2.24) is 5.06 Å². The first-order valence-corrected chi connectivity index (χ1v) is 6.16. The van der Waals surface area contributed by atoms with Gasteiger partial charge in [0.15, 0.2) is 5.78 Å². The molecule has 2 amide bonds. The largest absolute Gasteiger partial charge is 0.326 e. The van der Waals surface area contributed by atoms with E-state index >= 15 is 0 Å². The van der Waals surface area contributed by atoms with Gasteiger partial charge >= 0.3 is 0 Å². The van der Waals surface area contributed by atoms with Crippen molar-refractivity contribution in [3.05, 3.63) is 6.54 Å². The molecule has 2 unspecified atom stereocenters. The average molecular weight is 267 g/mol. The van der Waals surface area contributed by atoms with Crippen molar-refractivity contribution in [3.8, 4) is 0 Å². The van der Waals surface area contributed by atoms with E-state index in [2.05, 4.69) is 0 Å². The Labute approximate surface area is 110 Å². The smallest absolute Gasteiger partial charge is 0.254 e. The Hall–Kier alpha value is -1.60. The Bertz CT molecular complexity index is 418. The number of hydrogen-bond acceptors (Lipinski definition) is 6. The number of amides is 2.